The zero-order chi connectivity index (χ0) is 23.5. The number of benzene rings is 1. The second-order valence-corrected chi connectivity index (χ2v) is 9.43. The van der Waals surface area contributed by atoms with E-state index >= 15 is 0 Å². The van der Waals surface area contributed by atoms with Crippen LogP contribution in [-0.4, -0.2) is 50.9 Å². The minimum atomic E-state index is -0.420. The number of carbonyl (C=O) groups excluding carboxylic acids is 2. The lowest BCUT2D eigenvalue weighted by Crippen LogP contribution is -2.44. The van der Waals surface area contributed by atoms with E-state index in [0.717, 1.165) is 36.5 Å². The van der Waals surface area contributed by atoms with Crippen molar-refractivity contribution >= 4 is 23.2 Å². The van der Waals surface area contributed by atoms with Gasteiger partial charge in [-0.1, -0.05) is 26.0 Å². The molecule has 1 heterocycles. The van der Waals surface area contributed by atoms with Crippen LogP contribution in [0.2, 0.25) is 0 Å². The first-order valence-corrected chi connectivity index (χ1v) is 11.5. The Hall–Kier alpha value is -2.47. The average molecular weight is 441 g/mol. The second kappa shape index (κ2) is 9.99. The van der Waals surface area contributed by atoms with Crippen molar-refractivity contribution in [2.75, 3.05) is 38.3 Å². The number of fused-ring (bicyclic) bond motifs is 1. The first-order chi connectivity index (χ1) is 15.2. The molecule has 1 aromatic rings. The highest BCUT2D eigenvalue weighted by Gasteiger charge is 2.47. The molecule has 3 rings (SSSR count). The summed E-state index contributed by atoms with van der Waals surface area (Å²) >= 11 is 0. The molecule has 0 bridgehead atoms. The molecule has 0 N–H and O–H groups in total. The number of hydrogen-bond acceptors (Lipinski definition) is 6. The summed E-state index contributed by atoms with van der Waals surface area (Å²) in [6.07, 6.45) is 1.23. The molecule has 2 aliphatic rings. The zero-order valence-electron chi connectivity index (χ0n) is 20.2. The largest absolute Gasteiger partial charge is 0.460 e. The first-order valence-electron chi connectivity index (χ1n) is 11.5. The van der Waals surface area contributed by atoms with E-state index in [1.807, 2.05) is 19.1 Å². The minimum Gasteiger partial charge on any atom is -0.460 e. The maximum Gasteiger partial charge on any atom is 0.336 e. The number of hydrogen-bond donors (Lipinski definition) is 0. The van der Waals surface area contributed by atoms with Crippen LogP contribution < -0.4 is 4.90 Å². The van der Waals surface area contributed by atoms with Crippen LogP contribution in [0.3, 0.4) is 0 Å². The van der Waals surface area contributed by atoms with Gasteiger partial charge in [0, 0.05) is 49.6 Å². The maximum atomic E-state index is 13.3. The van der Waals surface area contributed by atoms with Gasteiger partial charge in [0.2, 0.25) is 0 Å². The van der Waals surface area contributed by atoms with Gasteiger partial charge in [-0.2, -0.15) is 0 Å². The SMILES string of the molecule is CCN(CC)c1ccc([C@H]2C(C(=O)OCCOC)=C(C)N=C3CC(C)(C)CC(=O)C32)cc1. The summed E-state index contributed by atoms with van der Waals surface area (Å²) in [4.78, 5) is 33.5. The summed E-state index contributed by atoms with van der Waals surface area (Å²) < 4.78 is 10.5. The lowest BCUT2D eigenvalue weighted by molar-refractivity contribution is -0.140. The summed E-state index contributed by atoms with van der Waals surface area (Å²) in [5.41, 5.74) is 3.96. The quantitative estimate of drug-likeness (QED) is 0.438. The lowest BCUT2D eigenvalue weighted by Gasteiger charge is -2.41. The van der Waals surface area contributed by atoms with Crippen LogP contribution >= 0.6 is 0 Å². The molecule has 1 aromatic carbocycles. The molecule has 1 fully saturated rings. The Morgan fingerprint density at radius 1 is 1.09 bits per heavy atom. The smallest absolute Gasteiger partial charge is 0.336 e. The van der Waals surface area contributed by atoms with Gasteiger partial charge in [0.1, 0.15) is 12.4 Å². The number of methoxy groups -OCH3 is 1. The number of ether oxygens (including phenoxy) is 2. The highest BCUT2D eigenvalue weighted by Crippen LogP contribution is 2.47. The van der Waals surface area contributed by atoms with Crippen molar-refractivity contribution in [2.24, 2.45) is 16.3 Å². The Kier molecular flexibility index (Phi) is 7.55. The topological polar surface area (TPSA) is 68.2 Å². The number of rotatable bonds is 8. The van der Waals surface area contributed by atoms with Crippen LogP contribution in [0.4, 0.5) is 5.69 Å². The molecular formula is C26H36N2O4. The Labute approximate surface area is 191 Å². The zero-order valence-corrected chi connectivity index (χ0v) is 20.2. The summed E-state index contributed by atoms with van der Waals surface area (Å²) in [7, 11) is 1.57. The molecule has 0 radical (unpaired) electrons. The van der Waals surface area contributed by atoms with E-state index < -0.39 is 11.9 Å². The molecule has 0 amide bonds. The van der Waals surface area contributed by atoms with Crippen LogP contribution in [0.5, 0.6) is 0 Å². The van der Waals surface area contributed by atoms with Crippen LogP contribution in [-0.2, 0) is 19.1 Å². The fraction of sp³-hybridized carbons (Fsp3) is 0.577. The third-order valence-corrected chi connectivity index (χ3v) is 6.49. The van der Waals surface area contributed by atoms with Crippen molar-refractivity contribution in [3.05, 3.63) is 41.1 Å². The van der Waals surface area contributed by atoms with E-state index in [1.165, 1.54) is 0 Å². The number of esters is 1. The van der Waals surface area contributed by atoms with Crippen molar-refractivity contribution in [3.8, 4) is 0 Å². The Balaban J connectivity index is 2.05. The third-order valence-electron chi connectivity index (χ3n) is 6.49. The molecule has 0 aromatic heterocycles. The lowest BCUT2D eigenvalue weighted by atomic mass is 9.63. The van der Waals surface area contributed by atoms with Crippen molar-refractivity contribution in [1.82, 2.24) is 0 Å². The number of carbonyl (C=O) groups is 2. The predicted molar refractivity (Wildman–Crippen MR) is 127 cm³/mol. The van der Waals surface area contributed by atoms with Gasteiger partial charge < -0.3 is 14.4 Å². The highest BCUT2D eigenvalue weighted by molar-refractivity contribution is 6.12. The predicted octanol–water partition coefficient (Wildman–Crippen LogP) is 4.54. The van der Waals surface area contributed by atoms with Gasteiger partial charge in [-0.3, -0.25) is 9.79 Å². The molecule has 6 heteroatoms. The van der Waals surface area contributed by atoms with Crippen molar-refractivity contribution in [2.45, 2.75) is 53.4 Å². The van der Waals surface area contributed by atoms with Crippen molar-refractivity contribution < 1.29 is 19.1 Å². The van der Waals surface area contributed by atoms with Gasteiger partial charge in [0.25, 0.3) is 0 Å². The average Bonchev–Trinajstić information content (AvgIpc) is 2.73. The van der Waals surface area contributed by atoms with Crippen LogP contribution in [0, 0.1) is 11.3 Å². The van der Waals surface area contributed by atoms with E-state index in [1.54, 1.807) is 7.11 Å². The Morgan fingerprint density at radius 3 is 2.34 bits per heavy atom. The minimum absolute atomic E-state index is 0.125. The Morgan fingerprint density at radius 2 is 1.75 bits per heavy atom. The highest BCUT2D eigenvalue weighted by atomic mass is 16.6. The van der Waals surface area contributed by atoms with E-state index in [9.17, 15) is 9.59 Å². The molecule has 32 heavy (non-hydrogen) atoms. The van der Waals surface area contributed by atoms with Gasteiger partial charge in [-0.25, -0.2) is 4.79 Å². The number of anilines is 1. The first kappa shape index (κ1) is 24.2. The van der Waals surface area contributed by atoms with Crippen LogP contribution in [0.1, 0.15) is 58.9 Å². The number of allylic oxidation sites excluding steroid dienone is 1. The molecule has 6 nitrogen and oxygen atoms in total. The van der Waals surface area contributed by atoms with E-state index in [-0.39, 0.29) is 23.7 Å². The fourth-order valence-corrected chi connectivity index (χ4v) is 5.00. The standard InChI is InChI=1S/C26H36N2O4/c1-7-28(8-2)19-11-9-18(10-12-19)23-22(25(30)32-14-13-31-6)17(3)27-20-15-26(4,5)16-21(29)24(20)23/h9-12,23-24H,7-8,13-16H2,1-6H3/t23-,24?/m0/s1. The van der Waals surface area contributed by atoms with E-state index in [2.05, 4.69) is 44.7 Å². The normalized spacial score (nSPS) is 22.3. The van der Waals surface area contributed by atoms with E-state index in [4.69, 9.17) is 14.5 Å². The van der Waals surface area contributed by atoms with Gasteiger partial charge in [0.15, 0.2) is 0 Å². The molecule has 1 aliphatic heterocycles. The summed E-state index contributed by atoms with van der Waals surface area (Å²) in [5.74, 6) is -1.08. The van der Waals surface area contributed by atoms with E-state index in [0.29, 0.717) is 24.3 Å². The molecule has 174 valence electrons. The van der Waals surface area contributed by atoms with Crippen LogP contribution in [0.15, 0.2) is 40.5 Å². The van der Waals surface area contributed by atoms with Gasteiger partial charge in [-0.05, 0) is 50.3 Å². The number of Topliss-reactive ketones (excluding diaryl/α,β-unsaturated/α-hetero) is 1. The van der Waals surface area contributed by atoms with Gasteiger partial charge >= 0.3 is 5.97 Å². The Bertz CT molecular complexity index is 910. The summed E-state index contributed by atoms with van der Waals surface area (Å²) in [6.45, 7) is 12.6. The molecule has 1 unspecified atom stereocenters. The second-order valence-electron chi connectivity index (χ2n) is 9.43. The molecular weight excluding hydrogens is 404 g/mol. The van der Waals surface area contributed by atoms with Gasteiger partial charge in [-0.15, -0.1) is 0 Å². The summed E-state index contributed by atoms with van der Waals surface area (Å²) in [6, 6.07) is 8.25. The van der Waals surface area contributed by atoms with Gasteiger partial charge in [0.05, 0.1) is 18.1 Å². The fourth-order valence-electron chi connectivity index (χ4n) is 5.00. The number of aliphatic imine (C=N–C) groups is 1. The summed E-state index contributed by atoms with van der Waals surface area (Å²) in [5, 5.41) is 0. The van der Waals surface area contributed by atoms with Crippen molar-refractivity contribution in [1.29, 1.82) is 0 Å². The molecule has 2 atom stereocenters. The number of nitrogens with zero attached hydrogens (tertiary/aromatic N) is 2. The third kappa shape index (κ3) is 4.96. The monoisotopic (exact) mass is 440 g/mol. The van der Waals surface area contributed by atoms with Crippen LogP contribution in [0.25, 0.3) is 0 Å². The molecule has 1 saturated carbocycles. The molecule has 0 spiro atoms. The van der Waals surface area contributed by atoms with Crippen molar-refractivity contribution in [3.63, 3.8) is 0 Å². The molecule has 1 aliphatic carbocycles. The number of ketones is 1. The molecule has 0 saturated heterocycles. The maximum absolute atomic E-state index is 13.3.